The van der Waals surface area contributed by atoms with E-state index in [9.17, 15) is 4.79 Å². The zero-order valence-corrected chi connectivity index (χ0v) is 11.3. The lowest BCUT2D eigenvalue weighted by Gasteiger charge is -2.51. The van der Waals surface area contributed by atoms with Crippen molar-refractivity contribution in [1.29, 1.82) is 0 Å². The van der Waals surface area contributed by atoms with E-state index in [0.717, 1.165) is 45.6 Å². The van der Waals surface area contributed by atoms with E-state index >= 15 is 0 Å². The fourth-order valence-electron chi connectivity index (χ4n) is 2.91. The van der Waals surface area contributed by atoms with Crippen LogP contribution in [0.1, 0.15) is 33.6 Å². The van der Waals surface area contributed by atoms with Gasteiger partial charge in [-0.2, -0.15) is 0 Å². The standard InChI is InChI=1S/C13H25N3O/c1-12(2,3)11(17)16-9-8-15-10-13(16)4-6-14-7-5-13/h14-15H,4-10H2,1-3H3. The van der Waals surface area contributed by atoms with E-state index in [1.54, 1.807) is 0 Å². The first-order valence-electron chi connectivity index (χ1n) is 6.69. The average Bonchev–Trinajstić information content (AvgIpc) is 2.29. The summed E-state index contributed by atoms with van der Waals surface area (Å²) in [5, 5.41) is 6.85. The summed E-state index contributed by atoms with van der Waals surface area (Å²) in [4.78, 5) is 14.7. The molecule has 0 unspecified atom stereocenters. The van der Waals surface area contributed by atoms with Gasteiger partial charge in [-0.1, -0.05) is 20.8 Å². The summed E-state index contributed by atoms with van der Waals surface area (Å²) in [6, 6.07) is 0. The number of rotatable bonds is 0. The predicted octanol–water partition coefficient (Wildman–Crippen LogP) is 0.587. The monoisotopic (exact) mass is 239 g/mol. The van der Waals surface area contributed by atoms with Gasteiger partial charge in [0.25, 0.3) is 0 Å². The first kappa shape index (κ1) is 12.8. The van der Waals surface area contributed by atoms with Crippen LogP contribution in [0, 0.1) is 5.41 Å². The lowest BCUT2D eigenvalue weighted by atomic mass is 9.82. The fourth-order valence-corrected chi connectivity index (χ4v) is 2.91. The van der Waals surface area contributed by atoms with Crippen LogP contribution in [0.25, 0.3) is 0 Å². The molecule has 0 atom stereocenters. The molecular weight excluding hydrogens is 214 g/mol. The van der Waals surface area contributed by atoms with Crippen LogP contribution in [0.4, 0.5) is 0 Å². The van der Waals surface area contributed by atoms with Crippen LogP contribution in [0.3, 0.4) is 0 Å². The summed E-state index contributed by atoms with van der Waals surface area (Å²) in [5.41, 5.74) is -0.205. The molecule has 2 saturated heterocycles. The molecule has 2 aliphatic rings. The molecule has 0 aliphatic carbocycles. The molecule has 0 aromatic heterocycles. The minimum Gasteiger partial charge on any atom is -0.334 e. The van der Waals surface area contributed by atoms with Gasteiger partial charge in [0, 0.05) is 25.0 Å². The highest BCUT2D eigenvalue weighted by Crippen LogP contribution is 2.31. The van der Waals surface area contributed by atoms with Crippen molar-refractivity contribution in [3.05, 3.63) is 0 Å². The molecule has 2 heterocycles. The Morgan fingerprint density at radius 2 is 1.76 bits per heavy atom. The largest absolute Gasteiger partial charge is 0.334 e. The van der Waals surface area contributed by atoms with Gasteiger partial charge < -0.3 is 15.5 Å². The van der Waals surface area contributed by atoms with Crippen LogP contribution >= 0.6 is 0 Å². The summed E-state index contributed by atoms with van der Waals surface area (Å²) in [5.74, 6) is 0.306. The van der Waals surface area contributed by atoms with Crippen molar-refractivity contribution in [3.63, 3.8) is 0 Å². The van der Waals surface area contributed by atoms with Crippen molar-refractivity contribution in [3.8, 4) is 0 Å². The average molecular weight is 239 g/mol. The van der Waals surface area contributed by atoms with E-state index in [0.29, 0.717) is 5.91 Å². The van der Waals surface area contributed by atoms with Crippen LogP contribution in [-0.4, -0.2) is 49.1 Å². The Kier molecular flexibility index (Phi) is 3.46. The number of piperazine rings is 1. The number of amides is 1. The zero-order chi connectivity index (χ0) is 12.5. The number of carbonyl (C=O) groups excluding carboxylic acids is 1. The molecule has 4 nitrogen and oxygen atoms in total. The SMILES string of the molecule is CC(C)(C)C(=O)N1CCNCC12CCNCC2. The van der Waals surface area contributed by atoms with Gasteiger partial charge in [-0.15, -0.1) is 0 Å². The number of nitrogens with zero attached hydrogens (tertiary/aromatic N) is 1. The highest BCUT2D eigenvalue weighted by molar-refractivity contribution is 5.82. The Hall–Kier alpha value is -0.610. The highest BCUT2D eigenvalue weighted by atomic mass is 16.2. The summed E-state index contributed by atoms with van der Waals surface area (Å²) < 4.78 is 0. The summed E-state index contributed by atoms with van der Waals surface area (Å²) in [6.07, 6.45) is 2.14. The molecule has 17 heavy (non-hydrogen) atoms. The molecule has 2 rings (SSSR count). The van der Waals surface area contributed by atoms with Gasteiger partial charge in [-0.05, 0) is 25.9 Å². The van der Waals surface area contributed by atoms with Crippen molar-refractivity contribution < 1.29 is 4.79 Å². The molecule has 1 spiro atoms. The van der Waals surface area contributed by atoms with Crippen LogP contribution in [0.15, 0.2) is 0 Å². The van der Waals surface area contributed by atoms with Crippen molar-refractivity contribution in [2.45, 2.75) is 39.2 Å². The maximum absolute atomic E-state index is 12.6. The second-order valence-electron chi connectivity index (χ2n) is 6.36. The van der Waals surface area contributed by atoms with Gasteiger partial charge in [-0.25, -0.2) is 0 Å². The third-order valence-electron chi connectivity index (χ3n) is 3.96. The Morgan fingerprint density at radius 3 is 2.35 bits per heavy atom. The maximum atomic E-state index is 12.6. The number of hydrogen-bond acceptors (Lipinski definition) is 3. The van der Waals surface area contributed by atoms with Crippen molar-refractivity contribution >= 4 is 5.91 Å². The van der Waals surface area contributed by atoms with Gasteiger partial charge in [0.05, 0.1) is 5.54 Å². The number of nitrogens with one attached hydrogen (secondary N) is 2. The topological polar surface area (TPSA) is 44.4 Å². The lowest BCUT2D eigenvalue weighted by Crippen LogP contribution is -2.67. The van der Waals surface area contributed by atoms with E-state index in [1.165, 1.54) is 0 Å². The normalized spacial score (nSPS) is 25.0. The Morgan fingerprint density at radius 1 is 1.12 bits per heavy atom. The van der Waals surface area contributed by atoms with Gasteiger partial charge >= 0.3 is 0 Å². The highest BCUT2D eigenvalue weighted by Gasteiger charge is 2.44. The molecule has 0 saturated carbocycles. The fraction of sp³-hybridized carbons (Fsp3) is 0.923. The minimum atomic E-state index is -0.269. The van der Waals surface area contributed by atoms with Crippen LogP contribution < -0.4 is 10.6 Å². The van der Waals surface area contributed by atoms with Crippen molar-refractivity contribution in [2.75, 3.05) is 32.7 Å². The van der Waals surface area contributed by atoms with Gasteiger partial charge in [-0.3, -0.25) is 4.79 Å². The molecule has 2 N–H and O–H groups in total. The molecule has 1 amide bonds. The third-order valence-corrected chi connectivity index (χ3v) is 3.96. The van der Waals surface area contributed by atoms with Crippen molar-refractivity contribution in [1.82, 2.24) is 15.5 Å². The minimum absolute atomic E-state index is 0.0634. The van der Waals surface area contributed by atoms with E-state index in [2.05, 4.69) is 15.5 Å². The molecule has 2 fully saturated rings. The van der Waals surface area contributed by atoms with Crippen LogP contribution in [0.5, 0.6) is 0 Å². The Balaban J connectivity index is 2.20. The van der Waals surface area contributed by atoms with E-state index < -0.39 is 0 Å². The maximum Gasteiger partial charge on any atom is 0.228 e. The van der Waals surface area contributed by atoms with Crippen LogP contribution in [0.2, 0.25) is 0 Å². The number of piperidine rings is 1. The molecule has 0 aromatic rings. The van der Waals surface area contributed by atoms with E-state index in [-0.39, 0.29) is 11.0 Å². The lowest BCUT2D eigenvalue weighted by molar-refractivity contribution is -0.149. The number of carbonyl (C=O) groups is 1. The molecule has 2 aliphatic heterocycles. The molecule has 0 bridgehead atoms. The smallest absolute Gasteiger partial charge is 0.228 e. The molecule has 0 aromatic carbocycles. The molecule has 0 radical (unpaired) electrons. The van der Waals surface area contributed by atoms with Crippen LogP contribution in [-0.2, 0) is 4.79 Å². The van der Waals surface area contributed by atoms with Crippen molar-refractivity contribution in [2.24, 2.45) is 5.41 Å². The van der Waals surface area contributed by atoms with E-state index in [4.69, 9.17) is 0 Å². The zero-order valence-electron chi connectivity index (χ0n) is 11.3. The van der Waals surface area contributed by atoms with Gasteiger partial charge in [0.15, 0.2) is 0 Å². The Bertz CT molecular complexity index is 281. The van der Waals surface area contributed by atoms with Gasteiger partial charge in [0.1, 0.15) is 0 Å². The van der Waals surface area contributed by atoms with Gasteiger partial charge in [0.2, 0.25) is 5.91 Å². The summed E-state index contributed by atoms with van der Waals surface area (Å²) in [6.45, 7) is 10.8. The Labute approximate surface area is 104 Å². The quantitative estimate of drug-likeness (QED) is 0.650. The first-order valence-corrected chi connectivity index (χ1v) is 6.69. The summed E-state index contributed by atoms with van der Waals surface area (Å²) in [7, 11) is 0. The first-order chi connectivity index (χ1) is 7.96. The summed E-state index contributed by atoms with van der Waals surface area (Å²) >= 11 is 0. The van der Waals surface area contributed by atoms with E-state index in [1.807, 2.05) is 20.8 Å². The third kappa shape index (κ3) is 2.47. The molecule has 98 valence electrons. The second-order valence-corrected chi connectivity index (χ2v) is 6.36. The second kappa shape index (κ2) is 4.58. The predicted molar refractivity (Wildman–Crippen MR) is 68.9 cm³/mol. The molecule has 4 heteroatoms. The number of hydrogen-bond donors (Lipinski definition) is 2. The molecular formula is C13H25N3O.